The average Bonchev–Trinajstić information content (AvgIpc) is 2.47. The first kappa shape index (κ1) is 13.1. The maximum Gasteiger partial charge on any atom is 0.127 e. The summed E-state index contributed by atoms with van der Waals surface area (Å²) in [7, 11) is 2.01. The lowest BCUT2D eigenvalue weighted by molar-refractivity contribution is 0.153. The van der Waals surface area contributed by atoms with Crippen LogP contribution in [0.3, 0.4) is 0 Å². The number of nitrogens with zero attached hydrogens (tertiary/aromatic N) is 1. The van der Waals surface area contributed by atoms with Gasteiger partial charge in [0.15, 0.2) is 0 Å². The smallest absolute Gasteiger partial charge is 0.127 e. The fourth-order valence-corrected chi connectivity index (χ4v) is 2.74. The van der Waals surface area contributed by atoms with Crippen molar-refractivity contribution in [2.75, 3.05) is 7.05 Å². The van der Waals surface area contributed by atoms with Gasteiger partial charge >= 0.3 is 0 Å². The number of aromatic nitrogens is 1. The standard InChI is InChI=1S/C17H20N2O/c1-11-4-7-16-14(8-11)15(18-3)9-17(20-16)13-6-5-12(2)19-10-13/h4-8,10,15,17-18H,9H2,1-3H3. The van der Waals surface area contributed by atoms with Gasteiger partial charge in [0.05, 0.1) is 0 Å². The van der Waals surface area contributed by atoms with Crippen LogP contribution in [0.5, 0.6) is 5.75 Å². The summed E-state index contributed by atoms with van der Waals surface area (Å²) < 4.78 is 6.16. The van der Waals surface area contributed by atoms with E-state index in [-0.39, 0.29) is 6.10 Å². The highest BCUT2D eigenvalue weighted by Gasteiger charge is 2.28. The second-order valence-electron chi connectivity index (χ2n) is 5.46. The molecule has 3 heteroatoms. The molecule has 1 aliphatic rings. The van der Waals surface area contributed by atoms with Crippen LogP contribution >= 0.6 is 0 Å². The molecule has 0 bridgehead atoms. The lowest BCUT2D eigenvalue weighted by Gasteiger charge is -2.32. The van der Waals surface area contributed by atoms with Crippen molar-refractivity contribution in [1.82, 2.24) is 10.3 Å². The number of ether oxygens (including phenoxy) is 1. The van der Waals surface area contributed by atoms with Crippen molar-refractivity contribution in [2.45, 2.75) is 32.4 Å². The van der Waals surface area contributed by atoms with E-state index in [9.17, 15) is 0 Å². The molecule has 3 nitrogen and oxygen atoms in total. The maximum atomic E-state index is 6.16. The summed E-state index contributed by atoms with van der Waals surface area (Å²) in [6.07, 6.45) is 2.92. The van der Waals surface area contributed by atoms with Gasteiger partial charge in [0.25, 0.3) is 0 Å². The Morgan fingerprint density at radius 3 is 2.75 bits per heavy atom. The van der Waals surface area contributed by atoms with Crippen molar-refractivity contribution in [3.05, 3.63) is 58.9 Å². The minimum atomic E-state index is 0.0655. The first-order valence-corrected chi connectivity index (χ1v) is 7.04. The van der Waals surface area contributed by atoms with Gasteiger partial charge in [0, 0.05) is 35.5 Å². The van der Waals surface area contributed by atoms with Gasteiger partial charge in [-0.15, -0.1) is 0 Å². The molecule has 2 unspecified atom stereocenters. The normalized spacial score (nSPS) is 21.1. The Bertz CT molecular complexity index is 607. The first-order chi connectivity index (χ1) is 9.67. The lowest BCUT2D eigenvalue weighted by Crippen LogP contribution is -2.26. The fraction of sp³-hybridized carbons (Fsp3) is 0.353. The zero-order chi connectivity index (χ0) is 14.1. The van der Waals surface area contributed by atoms with Crippen molar-refractivity contribution in [2.24, 2.45) is 0 Å². The monoisotopic (exact) mass is 268 g/mol. The van der Waals surface area contributed by atoms with E-state index in [0.29, 0.717) is 6.04 Å². The molecule has 0 fully saturated rings. The molecule has 3 rings (SSSR count). The van der Waals surface area contributed by atoms with Crippen LogP contribution in [0.4, 0.5) is 0 Å². The number of fused-ring (bicyclic) bond motifs is 1. The molecule has 1 aromatic heterocycles. The van der Waals surface area contributed by atoms with E-state index in [2.05, 4.69) is 41.5 Å². The molecule has 1 aliphatic heterocycles. The zero-order valence-corrected chi connectivity index (χ0v) is 12.2. The van der Waals surface area contributed by atoms with Crippen LogP contribution in [-0.2, 0) is 0 Å². The molecule has 2 atom stereocenters. The van der Waals surface area contributed by atoms with Gasteiger partial charge in [-0.3, -0.25) is 4.98 Å². The molecule has 2 aromatic rings. The van der Waals surface area contributed by atoms with Gasteiger partial charge in [-0.1, -0.05) is 23.8 Å². The summed E-state index contributed by atoms with van der Waals surface area (Å²) in [6, 6.07) is 10.9. The quantitative estimate of drug-likeness (QED) is 0.905. The number of rotatable bonds is 2. The first-order valence-electron chi connectivity index (χ1n) is 7.04. The van der Waals surface area contributed by atoms with Crippen molar-refractivity contribution >= 4 is 0 Å². The predicted molar refractivity (Wildman–Crippen MR) is 79.9 cm³/mol. The SMILES string of the molecule is CNC1CC(c2ccc(C)nc2)Oc2ccc(C)cc21. The van der Waals surface area contributed by atoms with E-state index in [1.165, 1.54) is 11.1 Å². The molecule has 2 heterocycles. The van der Waals surface area contributed by atoms with E-state index < -0.39 is 0 Å². The fourth-order valence-electron chi connectivity index (χ4n) is 2.74. The highest BCUT2D eigenvalue weighted by Crippen LogP contribution is 2.40. The van der Waals surface area contributed by atoms with Crippen LogP contribution in [-0.4, -0.2) is 12.0 Å². The second-order valence-corrected chi connectivity index (χ2v) is 5.46. The Kier molecular flexibility index (Phi) is 3.45. The molecule has 1 N–H and O–H groups in total. The van der Waals surface area contributed by atoms with Crippen molar-refractivity contribution in [1.29, 1.82) is 0 Å². The minimum absolute atomic E-state index is 0.0655. The Morgan fingerprint density at radius 2 is 2.05 bits per heavy atom. The summed E-state index contributed by atoms with van der Waals surface area (Å²) in [5, 5.41) is 3.40. The van der Waals surface area contributed by atoms with Crippen LogP contribution < -0.4 is 10.1 Å². The Morgan fingerprint density at radius 1 is 1.20 bits per heavy atom. The van der Waals surface area contributed by atoms with Crippen molar-refractivity contribution in [3.8, 4) is 5.75 Å². The van der Waals surface area contributed by atoms with E-state index in [0.717, 1.165) is 23.4 Å². The predicted octanol–water partition coefficient (Wildman–Crippen LogP) is 3.48. The molecule has 0 aliphatic carbocycles. The number of hydrogen-bond acceptors (Lipinski definition) is 3. The van der Waals surface area contributed by atoms with Gasteiger partial charge < -0.3 is 10.1 Å². The van der Waals surface area contributed by atoms with Gasteiger partial charge in [-0.05, 0) is 33.0 Å². The maximum absolute atomic E-state index is 6.16. The second kappa shape index (κ2) is 5.25. The van der Waals surface area contributed by atoms with Crippen LogP contribution in [0.15, 0.2) is 36.5 Å². The van der Waals surface area contributed by atoms with E-state index in [1.807, 2.05) is 26.2 Å². The van der Waals surface area contributed by atoms with Gasteiger partial charge in [0.2, 0.25) is 0 Å². The Balaban J connectivity index is 1.94. The highest BCUT2D eigenvalue weighted by molar-refractivity contribution is 5.41. The van der Waals surface area contributed by atoms with Gasteiger partial charge in [-0.25, -0.2) is 0 Å². The number of pyridine rings is 1. The molecule has 0 amide bonds. The van der Waals surface area contributed by atoms with Crippen LogP contribution in [0, 0.1) is 13.8 Å². The number of aryl methyl sites for hydroxylation is 2. The number of benzene rings is 1. The number of nitrogens with one attached hydrogen (secondary N) is 1. The third kappa shape index (κ3) is 2.41. The van der Waals surface area contributed by atoms with Gasteiger partial charge in [0.1, 0.15) is 11.9 Å². The molecule has 0 spiro atoms. The summed E-state index contributed by atoms with van der Waals surface area (Å²) >= 11 is 0. The summed E-state index contributed by atoms with van der Waals surface area (Å²) in [4.78, 5) is 4.37. The molecule has 0 radical (unpaired) electrons. The third-order valence-corrected chi connectivity index (χ3v) is 3.91. The molecule has 104 valence electrons. The lowest BCUT2D eigenvalue weighted by atomic mass is 9.92. The highest BCUT2D eigenvalue weighted by atomic mass is 16.5. The molecule has 0 saturated heterocycles. The topological polar surface area (TPSA) is 34.2 Å². The summed E-state index contributed by atoms with van der Waals surface area (Å²) in [5.74, 6) is 0.978. The largest absolute Gasteiger partial charge is 0.485 e. The van der Waals surface area contributed by atoms with Crippen LogP contribution in [0.2, 0.25) is 0 Å². The van der Waals surface area contributed by atoms with E-state index in [4.69, 9.17) is 4.74 Å². The minimum Gasteiger partial charge on any atom is -0.485 e. The molecule has 1 aromatic carbocycles. The average molecular weight is 268 g/mol. The summed E-state index contributed by atoms with van der Waals surface area (Å²) in [6.45, 7) is 4.11. The van der Waals surface area contributed by atoms with Crippen molar-refractivity contribution in [3.63, 3.8) is 0 Å². The van der Waals surface area contributed by atoms with Crippen LogP contribution in [0.1, 0.15) is 41.0 Å². The Hall–Kier alpha value is -1.87. The van der Waals surface area contributed by atoms with E-state index in [1.54, 1.807) is 0 Å². The number of hydrogen-bond donors (Lipinski definition) is 1. The van der Waals surface area contributed by atoms with Crippen molar-refractivity contribution < 1.29 is 4.74 Å². The molecule has 20 heavy (non-hydrogen) atoms. The molecular formula is C17H20N2O. The zero-order valence-electron chi connectivity index (χ0n) is 12.2. The third-order valence-electron chi connectivity index (χ3n) is 3.91. The summed E-state index contributed by atoms with van der Waals surface area (Å²) in [5.41, 5.74) is 4.69. The van der Waals surface area contributed by atoms with Gasteiger partial charge in [-0.2, -0.15) is 0 Å². The van der Waals surface area contributed by atoms with Crippen LogP contribution in [0.25, 0.3) is 0 Å². The van der Waals surface area contributed by atoms with E-state index >= 15 is 0 Å². The molecular weight excluding hydrogens is 248 g/mol. The Labute approximate surface area is 120 Å². The molecule has 0 saturated carbocycles.